The molecule has 178 valence electrons. The van der Waals surface area contributed by atoms with Gasteiger partial charge in [-0.15, -0.1) is 0 Å². The quantitative estimate of drug-likeness (QED) is 0.522. The van der Waals surface area contributed by atoms with Crippen molar-refractivity contribution in [3.8, 4) is 5.75 Å². The maximum absolute atomic E-state index is 13.9. The van der Waals surface area contributed by atoms with Crippen molar-refractivity contribution in [1.82, 2.24) is 10.2 Å². The van der Waals surface area contributed by atoms with Crippen molar-refractivity contribution in [2.75, 3.05) is 20.2 Å². The molecule has 2 atom stereocenters. The van der Waals surface area contributed by atoms with Gasteiger partial charge in [0, 0.05) is 26.2 Å². The van der Waals surface area contributed by atoms with E-state index in [0.29, 0.717) is 25.1 Å². The Morgan fingerprint density at radius 1 is 1.03 bits per heavy atom. The molecular weight excluding hydrogens is 434 g/mol. The number of carbonyl (C=O) groups excluding carboxylic acids is 1. The average Bonchev–Trinajstić information content (AvgIpc) is 2.84. The van der Waals surface area contributed by atoms with Crippen molar-refractivity contribution in [3.05, 3.63) is 101 Å². The predicted octanol–water partition coefficient (Wildman–Crippen LogP) is 5.20. The number of hydrogen-bond donors (Lipinski definition) is 1. The number of hydrogen-bond acceptors (Lipinski definition) is 3. The zero-order valence-corrected chi connectivity index (χ0v) is 19.6. The monoisotopic (exact) mass is 464 g/mol. The van der Waals surface area contributed by atoms with Crippen LogP contribution in [0.15, 0.2) is 66.7 Å². The van der Waals surface area contributed by atoms with Crippen molar-refractivity contribution in [2.45, 2.75) is 32.4 Å². The molecule has 1 saturated heterocycles. The first-order valence-electron chi connectivity index (χ1n) is 11.5. The number of ether oxygens (including phenoxy) is 1. The third-order valence-corrected chi connectivity index (χ3v) is 6.47. The van der Waals surface area contributed by atoms with Gasteiger partial charge in [-0.2, -0.15) is 0 Å². The third kappa shape index (κ3) is 6.00. The zero-order valence-electron chi connectivity index (χ0n) is 19.6. The molecule has 0 spiro atoms. The standard InChI is InChI=1S/C28H30F2N2O2/c1-19-12-22(8-11-27(19)30)23-14-24(28(33)31-15-21-4-3-5-25(29)13-21)18-32(17-23)16-20-6-9-26(34-2)10-7-20/h3-13,23-24H,14-18H2,1-2H3,(H,31,33)/t23-,24+/m1/s1. The number of nitrogens with zero attached hydrogens (tertiary/aromatic N) is 1. The summed E-state index contributed by atoms with van der Waals surface area (Å²) in [6, 6.07) is 19.4. The minimum absolute atomic E-state index is 0.0486. The molecular formula is C28H30F2N2O2. The Kier molecular flexibility index (Phi) is 7.58. The topological polar surface area (TPSA) is 41.6 Å². The first-order chi connectivity index (χ1) is 16.4. The van der Waals surface area contributed by atoms with Crippen LogP contribution in [0.2, 0.25) is 0 Å². The van der Waals surface area contributed by atoms with E-state index in [1.807, 2.05) is 36.4 Å². The zero-order chi connectivity index (χ0) is 24.1. The van der Waals surface area contributed by atoms with E-state index in [4.69, 9.17) is 4.74 Å². The Morgan fingerprint density at radius 2 is 1.82 bits per heavy atom. The van der Waals surface area contributed by atoms with Gasteiger partial charge in [0.1, 0.15) is 17.4 Å². The van der Waals surface area contributed by atoms with Crippen LogP contribution >= 0.6 is 0 Å². The Balaban J connectivity index is 1.50. The molecule has 3 aromatic rings. The van der Waals surface area contributed by atoms with Crippen LogP contribution in [0, 0.1) is 24.5 Å². The van der Waals surface area contributed by atoms with Gasteiger partial charge < -0.3 is 10.1 Å². The summed E-state index contributed by atoms with van der Waals surface area (Å²) in [6.07, 6.45) is 0.680. The second-order valence-corrected chi connectivity index (χ2v) is 9.03. The summed E-state index contributed by atoms with van der Waals surface area (Å²) in [6.45, 7) is 4.16. The number of aryl methyl sites for hydroxylation is 1. The normalized spacial score (nSPS) is 18.5. The van der Waals surface area contributed by atoms with E-state index in [0.717, 1.165) is 29.0 Å². The molecule has 6 heteroatoms. The summed E-state index contributed by atoms with van der Waals surface area (Å²) in [5, 5.41) is 2.98. The van der Waals surface area contributed by atoms with E-state index in [1.165, 1.54) is 18.2 Å². The van der Waals surface area contributed by atoms with Crippen LogP contribution < -0.4 is 10.1 Å². The summed E-state index contributed by atoms with van der Waals surface area (Å²) in [7, 11) is 1.64. The van der Waals surface area contributed by atoms with Gasteiger partial charge in [0.15, 0.2) is 0 Å². The minimum Gasteiger partial charge on any atom is -0.497 e. The summed E-state index contributed by atoms with van der Waals surface area (Å²) in [5.74, 6) is 0.0946. The number of amides is 1. The number of carbonyl (C=O) groups is 1. The number of likely N-dealkylation sites (tertiary alicyclic amines) is 1. The first kappa shape index (κ1) is 23.9. The van der Waals surface area contributed by atoms with E-state index in [-0.39, 0.29) is 35.9 Å². The lowest BCUT2D eigenvalue weighted by atomic mass is 9.83. The molecule has 4 nitrogen and oxygen atoms in total. The molecule has 34 heavy (non-hydrogen) atoms. The van der Waals surface area contributed by atoms with Crippen molar-refractivity contribution >= 4 is 5.91 Å². The van der Waals surface area contributed by atoms with Gasteiger partial charge in [-0.25, -0.2) is 8.78 Å². The van der Waals surface area contributed by atoms with Crippen molar-refractivity contribution in [3.63, 3.8) is 0 Å². The van der Waals surface area contributed by atoms with Crippen LogP contribution in [-0.2, 0) is 17.9 Å². The van der Waals surface area contributed by atoms with E-state index in [9.17, 15) is 13.6 Å². The first-order valence-corrected chi connectivity index (χ1v) is 11.5. The van der Waals surface area contributed by atoms with Crippen LogP contribution in [0.4, 0.5) is 8.78 Å². The highest BCUT2D eigenvalue weighted by atomic mass is 19.1. The predicted molar refractivity (Wildman–Crippen MR) is 129 cm³/mol. The smallest absolute Gasteiger partial charge is 0.224 e. The fourth-order valence-corrected chi connectivity index (χ4v) is 4.64. The number of nitrogens with one attached hydrogen (secondary N) is 1. The van der Waals surface area contributed by atoms with E-state index < -0.39 is 0 Å². The second kappa shape index (κ2) is 10.8. The molecule has 0 saturated carbocycles. The third-order valence-electron chi connectivity index (χ3n) is 6.47. The van der Waals surface area contributed by atoms with Crippen molar-refractivity contribution < 1.29 is 18.3 Å². The molecule has 1 aliphatic rings. The molecule has 4 rings (SSSR count). The Hall–Kier alpha value is -3.25. The van der Waals surface area contributed by atoms with E-state index in [2.05, 4.69) is 10.2 Å². The van der Waals surface area contributed by atoms with Crippen molar-refractivity contribution in [1.29, 1.82) is 0 Å². The molecule has 0 radical (unpaired) electrons. The fraction of sp³-hybridized carbons (Fsp3) is 0.321. The van der Waals surface area contributed by atoms with Gasteiger partial charge in [0.05, 0.1) is 13.0 Å². The fourth-order valence-electron chi connectivity index (χ4n) is 4.64. The maximum Gasteiger partial charge on any atom is 0.224 e. The van der Waals surface area contributed by atoms with Gasteiger partial charge >= 0.3 is 0 Å². The van der Waals surface area contributed by atoms with Gasteiger partial charge in [0.2, 0.25) is 5.91 Å². The largest absolute Gasteiger partial charge is 0.497 e. The van der Waals surface area contributed by atoms with Gasteiger partial charge in [-0.3, -0.25) is 9.69 Å². The highest BCUT2D eigenvalue weighted by Crippen LogP contribution is 2.32. The molecule has 1 aliphatic heterocycles. The summed E-state index contributed by atoms with van der Waals surface area (Å²) >= 11 is 0. The summed E-state index contributed by atoms with van der Waals surface area (Å²) in [4.78, 5) is 15.4. The van der Waals surface area contributed by atoms with Gasteiger partial charge in [-0.05, 0) is 71.8 Å². The Bertz CT molecular complexity index is 1130. The highest BCUT2D eigenvalue weighted by Gasteiger charge is 2.32. The second-order valence-electron chi connectivity index (χ2n) is 9.03. The van der Waals surface area contributed by atoms with E-state index >= 15 is 0 Å². The molecule has 1 N–H and O–H groups in total. The van der Waals surface area contributed by atoms with Crippen LogP contribution in [0.25, 0.3) is 0 Å². The summed E-state index contributed by atoms with van der Waals surface area (Å²) < 4.78 is 32.6. The molecule has 0 unspecified atom stereocenters. The molecule has 3 aromatic carbocycles. The lowest BCUT2D eigenvalue weighted by Gasteiger charge is -2.37. The lowest BCUT2D eigenvalue weighted by molar-refractivity contribution is -0.127. The highest BCUT2D eigenvalue weighted by molar-refractivity contribution is 5.79. The van der Waals surface area contributed by atoms with Crippen LogP contribution in [0.3, 0.4) is 0 Å². The number of piperidine rings is 1. The van der Waals surface area contributed by atoms with Crippen LogP contribution in [0.1, 0.15) is 34.6 Å². The molecule has 0 aliphatic carbocycles. The SMILES string of the molecule is COc1ccc(CN2C[C@@H](C(=O)NCc3cccc(F)c3)C[C@@H](c3ccc(F)c(C)c3)C2)cc1. The van der Waals surface area contributed by atoms with Crippen molar-refractivity contribution in [2.24, 2.45) is 5.92 Å². The number of methoxy groups -OCH3 is 1. The molecule has 1 amide bonds. The average molecular weight is 465 g/mol. The Labute approximate surface area is 199 Å². The number of halogens is 2. The van der Waals surface area contributed by atoms with E-state index in [1.54, 1.807) is 26.2 Å². The molecule has 1 fully saturated rings. The molecule has 0 aromatic heterocycles. The van der Waals surface area contributed by atoms with Crippen LogP contribution in [-0.4, -0.2) is 31.0 Å². The number of benzene rings is 3. The Morgan fingerprint density at radius 3 is 2.53 bits per heavy atom. The summed E-state index contributed by atoms with van der Waals surface area (Å²) in [5.41, 5.74) is 3.51. The van der Waals surface area contributed by atoms with Gasteiger partial charge in [0.25, 0.3) is 0 Å². The van der Waals surface area contributed by atoms with Crippen LogP contribution in [0.5, 0.6) is 5.75 Å². The van der Waals surface area contributed by atoms with Gasteiger partial charge in [-0.1, -0.05) is 36.4 Å². The lowest BCUT2D eigenvalue weighted by Crippen LogP contribution is -2.45. The maximum atomic E-state index is 13.9. The number of rotatable bonds is 7. The molecule has 1 heterocycles. The molecule has 0 bridgehead atoms. The minimum atomic E-state index is -0.318.